The highest BCUT2D eigenvalue weighted by atomic mass is 19.1. The molecule has 1 N–H and O–H groups in total. The zero-order valence-electron chi connectivity index (χ0n) is 9.44. The van der Waals surface area contributed by atoms with Gasteiger partial charge in [-0.2, -0.15) is 0 Å². The third-order valence-corrected chi connectivity index (χ3v) is 3.25. The summed E-state index contributed by atoms with van der Waals surface area (Å²) in [5, 5.41) is 2.97. The Hall–Kier alpha value is -2.42. The van der Waals surface area contributed by atoms with E-state index in [2.05, 4.69) is 9.97 Å². The molecule has 2 heterocycles. The van der Waals surface area contributed by atoms with Gasteiger partial charge >= 0.3 is 0 Å². The molecule has 2 aromatic heterocycles. The van der Waals surface area contributed by atoms with Crippen molar-refractivity contribution in [3.63, 3.8) is 0 Å². The molecule has 86 valence electrons. The number of hydrogen-bond donors (Lipinski definition) is 1. The molecule has 0 fully saturated rings. The first-order chi connectivity index (χ1) is 8.81. The van der Waals surface area contributed by atoms with Gasteiger partial charge in [0.05, 0.1) is 5.52 Å². The SMILES string of the molecule is Fc1ccc2nc3[nH]c4ccccc4c3cc2c1. The van der Waals surface area contributed by atoms with Gasteiger partial charge in [-0.1, -0.05) is 18.2 Å². The lowest BCUT2D eigenvalue weighted by molar-refractivity contribution is 0.629. The minimum atomic E-state index is -0.233. The van der Waals surface area contributed by atoms with Gasteiger partial charge in [0.25, 0.3) is 0 Å². The van der Waals surface area contributed by atoms with Gasteiger partial charge < -0.3 is 4.98 Å². The normalized spacial score (nSPS) is 11.6. The molecule has 2 aromatic carbocycles. The van der Waals surface area contributed by atoms with E-state index in [9.17, 15) is 4.39 Å². The van der Waals surface area contributed by atoms with E-state index >= 15 is 0 Å². The van der Waals surface area contributed by atoms with Crippen LogP contribution in [0.25, 0.3) is 32.8 Å². The quantitative estimate of drug-likeness (QED) is 0.491. The molecule has 0 bridgehead atoms. The lowest BCUT2D eigenvalue weighted by Crippen LogP contribution is -1.82. The molecular weight excluding hydrogens is 227 g/mol. The summed E-state index contributed by atoms with van der Waals surface area (Å²) in [6.45, 7) is 0. The number of rotatable bonds is 0. The fraction of sp³-hybridized carbons (Fsp3) is 0. The topological polar surface area (TPSA) is 28.7 Å². The maximum Gasteiger partial charge on any atom is 0.139 e. The minimum absolute atomic E-state index is 0.233. The fourth-order valence-electron chi connectivity index (χ4n) is 2.40. The molecule has 3 heteroatoms. The summed E-state index contributed by atoms with van der Waals surface area (Å²) < 4.78 is 13.2. The van der Waals surface area contributed by atoms with E-state index < -0.39 is 0 Å². The van der Waals surface area contributed by atoms with Gasteiger partial charge in [0.2, 0.25) is 0 Å². The van der Waals surface area contributed by atoms with Crippen LogP contribution in [0, 0.1) is 5.82 Å². The van der Waals surface area contributed by atoms with E-state index in [0.717, 1.165) is 32.8 Å². The van der Waals surface area contributed by atoms with Gasteiger partial charge in [-0.3, -0.25) is 0 Å². The van der Waals surface area contributed by atoms with Crippen molar-refractivity contribution < 1.29 is 4.39 Å². The maximum atomic E-state index is 13.2. The number of fused-ring (bicyclic) bond motifs is 4. The van der Waals surface area contributed by atoms with Crippen LogP contribution >= 0.6 is 0 Å². The zero-order valence-corrected chi connectivity index (χ0v) is 9.44. The van der Waals surface area contributed by atoms with Gasteiger partial charge in [0.1, 0.15) is 11.5 Å². The fourth-order valence-corrected chi connectivity index (χ4v) is 2.40. The van der Waals surface area contributed by atoms with Crippen molar-refractivity contribution in [2.45, 2.75) is 0 Å². The smallest absolute Gasteiger partial charge is 0.139 e. The molecule has 2 nitrogen and oxygen atoms in total. The van der Waals surface area contributed by atoms with Gasteiger partial charge in [-0.05, 0) is 30.3 Å². The third-order valence-electron chi connectivity index (χ3n) is 3.25. The largest absolute Gasteiger partial charge is 0.339 e. The molecule has 0 aliphatic rings. The Morgan fingerprint density at radius 1 is 0.944 bits per heavy atom. The van der Waals surface area contributed by atoms with Crippen molar-refractivity contribution in [1.29, 1.82) is 0 Å². The Bertz CT molecular complexity index is 893. The summed E-state index contributed by atoms with van der Waals surface area (Å²) in [7, 11) is 0. The monoisotopic (exact) mass is 236 g/mol. The standard InChI is InChI=1S/C15H9FN2/c16-10-5-6-13-9(7-10)8-12-11-3-1-2-4-14(11)18-15(12)17-13/h1-8H,(H,17,18). The van der Waals surface area contributed by atoms with Crippen molar-refractivity contribution >= 4 is 32.8 Å². The first-order valence-corrected chi connectivity index (χ1v) is 5.78. The summed E-state index contributed by atoms with van der Waals surface area (Å²) in [4.78, 5) is 7.81. The summed E-state index contributed by atoms with van der Waals surface area (Å²) >= 11 is 0. The molecular formula is C15H9FN2. The molecule has 0 spiro atoms. The van der Waals surface area contributed by atoms with Gasteiger partial charge in [-0.15, -0.1) is 0 Å². The van der Waals surface area contributed by atoms with Crippen LogP contribution < -0.4 is 0 Å². The van der Waals surface area contributed by atoms with Crippen LogP contribution in [-0.2, 0) is 0 Å². The predicted molar refractivity (Wildman–Crippen MR) is 71.1 cm³/mol. The maximum absolute atomic E-state index is 13.2. The predicted octanol–water partition coefficient (Wildman–Crippen LogP) is 4.01. The molecule has 0 aliphatic carbocycles. The lowest BCUT2D eigenvalue weighted by atomic mass is 10.1. The van der Waals surface area contributed by atoms with Crippen molar-refractivity contribution in [2.24, 2.45) is 0 Å². The highest BCUT2D eigenvalue weighted by Crippen LogP contribution is 2.27. The van der Waals surface area contributed by atoms with E-state index in [1.165, 1.54) is 12.1 Å². The second-order valence-electron chi connectivity index (χ2n) is 4.39. The van der Waals surface area contributed by atoms with Crippen LogP contribution in [0.15, 0.2) is 48.5 Å². The molecule has 18 heavy (non-hydrogen) atoms. The molecule has 0 atom stereocenters. The second-order valence-corrected chi connectivity index (χ2v) is 4.39. The highest BCUT2D eigenvalue weighted by molar-refractivity contribution is 6.09. The van der Waals surface area contributed by atoms with Gasteiger partial charge in [0, 0.05) is 21.7 Å². The minimum Gasteiger partial charge on any atom is -0.339 e. The zero-order chi connectivity index (χ0) is 12.1. The molecule has 0 unspecified atom stereocenters. The third kappa shape index (κ3) is 1.24. The number of para-hydroxylation sites is 1. The van der Waals surface area contributed by atoms with E-state index in [4.69, 9.17) is 0 Å². The Labute approximate surface area is 102 Å². The summed E-state index contributed by atoms with van der Waals surface area (Å²) in [6.07, 6.45) is 0. The van der Waals surface area contributed by atoms with Crippen molar-refractivity contribution in [3.8, 4) is 0 Å². The van der Waals surface area contributed by atoms with Crippen molar-refractivity contribution in [1.82, 2.24) is 9.97 Å². The number of benzene rings is 2. The van der Waals surface area contributed by atoms with Crippen LogP contribution in [0.4, 0.5) is 4.39 Å². The van der Waals surface area contributed by atoms with Gasteiger partial charge in [0.15, 0.2) is 0 Å². The van der Waals surface area contributed by atoms with Crippen LogP contribution in [0.1, 0.15) is 0 Å². The number of halogens is 1. The Morgan fingerprint density at radius 2 is 1.83 bits per heavy atom. The Balaban J connectivity index is 2.24. The number of nitrogens with zero attached hydrogens (tertiary/aromatic N) is 1. The van der Waals surface area contributed by atoms with Crippen LogP contribution in [0.3, 0.4) is 0 Å². The lowest BCUT2D eigenvalue weighted by Gasteiger charge is -1.98. The number of hydrogen-bond acceptors (Lipinski definition) is 1. The first-order valence-electron chi connectivity index (χ1n) is 5.78. The molecule has 4 aromatic rings. The molecule has 4 rings (SSSR count). The Morgan fingerprint density at radius 3 is 2.78 bits per heavy atom. The van der Waals surface area contributed by atoms with E-state index in [0.29, 0.717) is 0 Å². The van der Waals surface area contributed by atoms with Crippen molar-refractivity contribution in [3.05, 3.63) is 54.3 Å². The second kappa shape index (κ2) is 3.29. The number of pyridine rings is 1. The molecule has 0 saturated carbocycles. The van der Waals surface area contributed by atoms with Crippen LogP contribution in [-0.4, -0.2) is 9.97 Å². The van der Waals surface area contributed by atoms with E-state index in [-0.39, 0.29) is 5.82 Å². The number of aromatic amines is 1. The summed E-state index contributed by atoms with van der Waals surface area (Å²) in [6, 6.07) is 14.7. The highest BCUT2D eigenvalue weighted by Gasteiger charge is 2.06. The molecule has 0 saturated heterocycles. The average molecular weight is 236 g/mol. The van der Waals surface area contributed by atoms with Crippen LogP contribution in [0.2, 0.25) is 0 Å². The molecule has 0 radical (unpaired) electrons. The van der Waals surface area contributed by atoms with E-state index in [1.54, 1.807) is 6.07 Å². The summed E-state index contributed by atoms with van der Waals surface area (Å²) in [5.74, 6) is -0.233. The average Bonchev–Trinajstić information content (AvgIpc) is 2.74. The number of H-pyrrole nitrogens is 1. The first kappa shape index (κ1) is 9.59. The van der Waals surface area contributed by atoms with Gasteiger partial charge in [-0.25, -0.2) is 9.37 Å². The number of aromatic nitrogens is 2. The summed E-state index contributed by atoms with van der Waals surface area (Å²) in [5.41, 5.74) is 2.70. The van der Waals surface area contributed by atoms with E-state index in [1.807, 2.05) is 30.3 Å². The molecule has 0 amide bonds. The van der Waals surface area contributed by atoms with Crippen molar-refractivity contribution in [2.75, 3.05) is 0 Å². The molecule has 0 aliphatic heterocycles. The Kier molecular flexibility index (Phi) is 1.75. The number of nitrogens with one attached hydrogen (secondary N) is 1. The van der Waals surface area contributed by atoms with Crippen LogP contribution in [0.5, 0.6) is 0 Å².